The summed E-state index contributed by atoms with van der Waals surface area (Å²) in [4.78, 5) is 7.12. The molecule has 0 bridgehead atoms. The minimum absolute atomic E-state index is 0.0703. The van der Waals surface area contributed by atoms with E-state index in [1.807, 2.05) is 0 Å². The number of alkyl halides is 1. The van der Waals surface area contributed by atoms with E-state index < -0.39 is 5.82 Å². The van der Waals surface area contributed by atoms with Crippen LogP contribution in [-0.2, 0) is 5.33 Å². The van der Waals surface area contributed by atoms with Crippen molar-refractivity contribution in [2.75, 3.05) is 0 Å². The summed E-state index contributed by atoms with van der Waals surface area (Å²) in [6.07, 6.45) is 0. The van der Waals surface area contributed by atoms with E-state index in [-0.39, 0.29) is 5.02 Å². The number of nitrogens with zero attached hydrogens (tertiary/aromatic N) is 1. The fourth-order valence-corrected chi connectivity index (χ4v) is 1.60. The van der Waals surface area contributed by atoms with E-state index in [2.05, 4.69) is 25.9 Å². The number of benzene rings is 1. The lowest BCUT2D eigenvalue weighted by Crippen LogP contribution is -1.78. The number of imidazole rings is 1. The van der Waals surface area contributed by atoms with Gasteiger partial charge in [-0.2, -0.15) is 0 Å². The van der Waals surface area contributed by atoms with Crippen LogP contribution < -0.4 is 0 Å². The molecule has 13 heavy (non-hydrogen) atoms. The highest BCUT2D eigenvalue weighted by molar-refractivity contribution is 9.08. The molecule has 0 saturated heterocycles. The number of halogens is 3. The number of rotatable bonds is 1. The molecule has 5 heteroatoms. The van der Waals surface area contributed by atoms with Gasteiger partial charge in [0.15, 0.2) is 0 Å². The van der Waals surface area contributed by atoms with E-state index in [0.29, 0.717) is 10.8 Å². The van der Waals surface area contributed by atoms with Crippen molar-refractivity contribution in [3.8, 4) is 0 Å². The third-order valence-electron chi connectivity index (χ3n) is 1.72. The summed E-state index contributed by atoms with van der Waals surface area (Å²) in [5, 5.41) is 0.667. The van der Waals surface area contributed by atoms with E-state index in [4.69, 9.17) is 11.6 Å². The minimum Gasteiger partial charge on any atom is -0.341 e. The largest absolute Gasteiger partial charge is 0.341 e. The monoisotopic (exact) mass is 262 g/mol. The Balaban J connectivity index is 2.76. The predicted molar refractivity (Wildman–Crippen MR) is 53.7 cm³/mol. The zero-order chi connectivity index (χ0) is 9.42. The molecule has 1 aromatic heterocycles. The fraction of sp³-hybridized carbons (Fsp3) is 0.125. The van der Waals surface area contributed by atoms with Crippen LogP contribution in [0.15, 0.2) is 12.1 Å². The first-order chi connectivity index (χ1) is 6.22. The summed E-state index contributed by atoms with van der Waals surface area (Å²) >= 11 is 8.97. The van der Waals surface area contributed by atoms with Gasteiger partial charge in [-0.1, -0.05) is 27.5 Å². The Hall–Kier alpha value is -0.610. The molecular formula is C8H5BrClFN2. The van der Waals surface area contributed by atoms with Gasteiger partial charge in [0, 0.05) is 0 Å². The van der Waals surface area contributed by atoms with Gasteiger partial charge < -0.3 is 4.98 Å². The van der Waals surface area contributed by atoms with Crippen molar-refractivity contribution < 1.29 is 4.39 Å². The number of fused-ring (bicyclic) bond motifs is 1. The van der Waals surface area contributed by atoms with E-state index in [1.54, 1.807) is 6.07 Å². The lowest BCUT2D eigenvalue weighted by atomic mass is 10.3. The van der Waals surface area contributed by atoms with Crippen molar-refractivity contribution in [1.82, 2.24) is 9.97 Å². The second-order valence-electron chi connectivity index (χ2n) is 2.57. The van der Waals surface area contributed by atoms with Crippen molar-refractivity contribution in [1.29, 1.82) is 0 Å². The molecule has 0 aliphatic carbocycles. The summed E-state index contributed by atoms with van der Waals surface area (Å²) in [5.74, 6) is 0.296. The number of aromatic nitrogens is 2. The Labute approximate surface area is 87.2 Å². The first-order valence-corrected chi connectivity index (χ1v) is 5.11. The quantitative estimate of drug-likeness (QED) is 0.786. The highest BCUT2D eigenvalue weighted by Crippen LogP contribution is 2.24. The van der Waals surface area contributed by atoms with E-state index in [9.17, 15) is 4.39 Å². The molecule has 0 amide bonds. The number of nitrogens with one attached hydrogen (secondary N) is 1. The van der Waals surface area contributed by atoms with Crippen molar-refractivity contribution in [2.24, 2.45) is 0 Å². The van der Waals surface area contributed by atoms with Gasteiger partial charge in [0.1, 0.15) is 22.2 Å². The standard InChI is InChI=1S/C8H5BrClFN2/c9-3-6-12-5-2-1-4(11)7(10)8(5)13-6/h1-2H,3H2,(H,12,13). The summed E-state index contributed by atoms with van der Waals surface area (Å²) in [5.41, 5.74) is 1.23. The van der Waals surface area contributed by atoms with E-state index >= 15 is 0 Å². The maximum absolute atomic E-state index is 13.0. The summed E-state index contributed by atoms with van der Waals surface area (Å²) in [6, 6.07) is 2.94. The van der Waals surface area contributed by atoms with Crippen LogP contribution in [0.3, 0.4) is 0 Å². The van der Waals surface area contributed by atoms with Crippen molar-refractivity contribution in [3.63, 3.8) is 0 Å². The maximum atomic E-state index is 13.0. The van der Waals surface area contributed by atoms with Crippen LogP contribution in [0.1, 0.15) is 5.82 Å². The molecule has 2 nitrogen and oxygen atoms in total. The molecule has 68 valence electrons. The molecule has 0 spiro atoms. The second kappa shape index (κ2) is 3.27. The van der Waals surface area contributed by atoms with E-state index in [1.165, 1.54) is 6.07 Å². The molecule has 1 aromatic carbocycles. The number of aromatic amines is 1. The van der Waals surface area contributed by atoms with Crippen LogP contribution in [0.5, 0.6) is 0 Å². The highest BCUT2D eigenvalue weighted by atomic mass is 79.9. The topological polar surface area (TPSA) is 28.7 Å². The Bertz CT molecular complexity index is 455. The zero-order valence-electron chi connectivity index (χ0n) is 6.44. The molecule has 0 fully saturated rings. The number of hydrogen-bond donors (Lipinski definition) is 1. The molecule has 0 saturated carbocycles. The number of hydrogen-bond acceptors (Lipinski definition) is 1. The van der Waals surface area contributed by atoms with Crippen molar-refractivity contribution in [3.05, 3.63) is 28.8 Å². The van der Waals surface area contributed by atoms with Gasteiger partial charge in [0.2, 0.25) is 0 Å². The predicted octanol–water partition coefficient (Wildman–Crippen LogP) is 3.25. The normalized spacial score (nSPS) is 11.0. The SMILES string of the molecule is Fc1ccc2[nH]c(CBr)nc2c1Cl. The van der Waals surface area contributed by atoms with Crippen LogP contribution in [0, 0.1) is 5.82 Å². The third-order valence-corrected chi connectivity index (χ3v) is 2.61. The molecule has 2 aromatic rings. The van der Waals surface area contributed by atoms with Crippen molar-refractivity contribution >= 4 is 38.6 Å². The highest BCUT2D eigenvalue weighted by Gasteiger charge is 2.09. The molecule has 0 aliphatic heterocycles. The first-order valence-electron chi connectivity index (χ1n) is 3.61. The Morgan fingerprint density at radius 1 is 1.54 bits per heavy atom. The molecule has 0 unspecified atom stereocenters. The van der Waals surface area contributed by atoms with Crippen LogP contribution in [0.2, 0.25) is 5.02 Å². The smallest absolute Gasteiger partial charge is 0.144 e. The van der Waals surface area contributed by atoms with Crippen LogP contribution in [-0.4, -0.2) is 9.97 Å². The molecule has 0 atom stereocenters. The lowest BCUT2D eigenvalue weighted by molar-refractivity contribution is 0.630. The first kappa shape index (κ1) is 8.97. The molecule has 1 N–H and O–H groups in total. The van der Waals surface area contributed by atoms with Gasteiger partial charge >= 0.3 is 0 Å². The number of H-pyrrole nitrogens is 1. The van der Waals surface area contributed by atoms with Crippen molar-refractivity contribution in [2.45, 2.75) is 5.33 Å². The summed E-state index contributed by atoms with van der Waals surface area (Å²) < 4.78 is 13.0. The molecule has 0 radical (unpaired) electrons. The van der Waals surface area contributed by atoms with Gasteiger partial charge in [-0.15, -0.1) is 0 Å². The summed E-state index contributed by atoms with van der Waals surface area (Å²) in [7, 11) is 0. The van der Waals surface area contributed by atoms with Gasteiger partial charge in [-0.05, 0) is 12.1 Å². The Morgan fingerprint density at radius 2 is 2.31 bits per heavy atom. The molecule has 0 aliphatic rings. The average Bonchev–Trinajstić information content (AvgIpc) is 2.55. The van der Waals surface area contributed by atoms with E-state index in [0.717, 1.165) is 11.3 Å². The average molecular weight is 263 g/mol. The van der Waals surface area contributed by atoms with Gasteiger partial charge in [-0.3, -0.25) is 0 Å². The molecule has 1 heterocycles. The maximum Gasteiger partial charge on any atom is 0.144 e. The zero-order valence-corrected chi connectivity index (χ0v) is 8.78. The molecular weight excluding hydrogens is 258 g/mol. The van der Waals surface area contributed by atoms with Crippen LogP contribution >= 0.6 is 27.5 Å². The van der Waals surface area contributed by atoms with Gasteiger partial charge in [0.05, 0.1) is 10.8 Å². The second-order valence-corrected chi connectivity index (χ2v) is 3.51. The Kier molecular flexibility index (Phi) is 2.26. The minimum atomic E-state index is -0.443. The third kappa shape index (κ3) is 1.44. The molecule has 2 rings (SSSR count). The lowest BCUT2D eigenvalue weighted by Gasteiger charge is -1.92. The fourth-order valence-electron chi connectivity index (χ4n) is 1.13. The van der Waals surface area contributed by atoms with Crippen LogP contribution in [0.4, 0.5) is 4.39 Å². The van der Waals surface area contributed by atoms with Gasteiger partial charge in [-0.25, -0.2) is 9.37 Å². The Morgan fingerprint density at radius 3 is 3.00 bits per heavy atom. The summed E-state index contributed by atoms with van der Waals surface area (Å²) in [6.45, 7) is 0. The van der Waals surface area contributed by atoms with Crippen LogP contribution in [0.25, 0.3) is 11.0 Å². The van der Waals surface area contributed by atoms with Gasteiger partial charge in [0.25, 0.3) is 0 Å².